The molecule has 0 aliphatic carbocycles. The highest BCUT2D eigenvalue weighted by atomic mass is 28.4. The smallest absolute Gasteiger partial charge is 0.337 e. The van der Waals surface area contributed by atoms with Crippen LogP contribution in [-0.2, 0) is 8.85 Å². The first-order chi connectivity index (χ1) is 8.67. The van der Waals surface area contributed by atoms with Crippen LogP contribution in [0.25, 0.3) is 0 Å². The van der Waals surface area contributed by atoms with Crippen molar-refractivity contribution in [2.45, 2.75) is 91.3 Å². The van der Waals surface area contributed by atoms with Gasteiger partial charge >= 0.3 is 8.56 Å². The lowest BCUT2D eigenvalue weighted by Gasteiger charge is -2.33. The molecule has 0 aromatic heterocycles. The molecule has 0 bridgehead atoms. The SMILES string of the molecule is CCCCC(CCC)O[Si](CC)(CC)OCCC. The molecule has 0 N–H and O–H groups in total. The summed E-state index contributed by atoms with van der Waals surface area (Å²) in [5, 5.41) is 0. The van der Waals surface area contributed by atoms with Crippen LogP contribution in [0, 0.1) is 0 Å². The van der Waals surface area contributed by atoms with Crippen LogP contribution in [0.5, 0.6) is 0 Å². The highest BCUT2D eigenvalue weighted by Crippen LogP contribution is 2.24. The Bertz CT molecular complexity index is 181. The molecular weight excluding hydrogens is 240 g/mol. The number of hydrogen-bond donors (Lipinski definition) is 0. The molecule has 0 saturated heterocycles. The van der Waals surface area contributed by atoms with Crippen LogP contribution in [0.4, 0.5) is 0 Å². The van der Waals surface area contributed by atoms with Gasteiger partial charge in [-0.2, -0.15) is 0 Å². The van der Waals surface area contributed by atoms with E-state index in [1.54, 1.807) is 0 Å². The van der Waals surface area contributed by atoms with E-state index in [2.05, 4.69) is 34.6 Å². The summed E-state index contributed by atoms with van der Waals surface area (Å²) >= 11 is 0. The molecule has 1 atom stereocenters. The van der Waals surface area contributed by atoms with Crippen LogP contribution < -0.4 is 0 Å². The Labute approximate surface area is 116 Å². The van der Waals surface area contributed by atoms with Gasteiger partial charge in [-0.1, -0.05) is 53.9 Å². The van der Waals surface area contributed by atoms with Gasteiger partial charge in [-0.15, -0.1) is 0 Å². The van der Waals surface area contributed by atoms with E-state index in [1.807, 2.05) is 0 Å². The topological polar surface area (TPSA) is 18.5 Å². The molecule has 0 aliphatic heterocycles. The predicted molar refractivity (Wildman–Crippen MR) is 82.3 cm³/mol. The lowest BCUT2D eigenvalue weighted by atomic mass is 10.1. The molecule has 0 radical (unpaired) electrons. The first kappa shape index (κ1) is 18.1. The second-order valence-electron chi connectivity index (χ2n) is 5.14. The third-order valence-electron chi connectivity index (χ3n) is 3.52. The number of rotatable bonds is 12. The van der Waals surface area contributed by atoms with Crippen LogP contribution in [0.15, 0.2) is 0 Å². The molecule has 0 amide bonds. The van der Waals surface area contributed by atoms with Crippen LogP contribution in [-0.4, -0.2) is 21.3 Å². The Morgan fingerprint density at radius 2 is 1.50 bits per heavy atom. The van der Waals surface area contributed by atoms with Gasteiger partial charge < -0.3 is 8.85 Å². The molecule has 0 heterocycles. The fourth-order valence-corrected chi connectivity index (χ4v) is 4.99. The summed E-state index contributed by atoms with van der Waals surface area (Å²) < 4.78 is 12.6. The normalized spacial score (nSPS) is 13.8. The van der Waals surface area contributed by atoms with E-state index in [4.69, 9.17) is 8.85 Å². The fourth-order valence-electron chi connectivity index (χ4n) is 2.26. The Balaban J connectivity index is 4.46. The molecule has 0 aromatic rings. The van der Waals surface area contributed by atoms with E-state index in [1.165, 1.54) is 32.1 Å². The van der Waals surface area contributed by atoms with Crippen molar-refractivity contribution in [3.8, 4) is 0 Å². The maximum atomic E-state index is 6.50. The first-order valence-corrected chi connectivity index (χ1v) is 10.2. The van der Waals surface area contributed by atoms with E-state index in [-0.39, 0.29) is 0 Å². The third-order valence-corrected chi connectivity index (χ3v) is 7.17. The van der Waals surface area contributed by atoms with Crippen molar-refractivity contribution in [1.82, 2.24) is 0 Å². The minimum Gasteiger partial charge on any atom is -0.394 e. The Hall–Kier alpha value is 0.137. The highest BCUT2D eigenvalue weighted by molar-refractivity contribution is 6.67. The van der Waals surface area contributed by atoms with Gasteiger partial charge in [0.15, 0.2) is 0 Å². The monoisotopic (exact) mass is 274 g/mol. The fraction of sp³-hybridized carbons (Fsp3) is 1.00. The summed E-state index contributed by atoms with van der Waals surface area (Å²) in [6, 6.07) is 2.16. The summed E-state index contributed by atoms with van der Waals surface area (Å²) in [4.78, 5) is 0. The largest absolute Gasteiger partial charge is 0.394 e. The molecule has 0 saturated carbocycles. The van der Waals surface area contributed by atoms with Gasteiger partial charge in [0.2, 0.25) is 0 Å². The molecule has 0 aromatic carbocycles. The maximum Gasteiger partial charge on any atom is 0.337 e. The second kappa shape index (κ2) is 11.0. The Morgan fingerprint density at radius 1 is 0.833 bits per heavy atom. The molecule has 0 spiro atoms. The van der Waals surface area contributed by atoms with Gasteiger partial charge in [-0.05, 0) is 31.4 Å². The van der Waals surface area contributed by atoms with Crippen LogP contribution in [0.1, 0.15) is 73.1 Å². The molecule has 2 nitrogen and oxygen atoms in total. The van der Waals surface area contributed by atoms with E-state index >= 15 is 0 Å². The molecule has 3 heteroatoms. The van der Waals surface area contributed by atoms with Gasteiger partial charge in [0.1, 0.15) is 0 Å². The van der Waals surface area contributed by atoms with E-state index in [9.17, 15) is 0 Å². The van der Waals surface area contributed by atoms with Crippen molar-refractivity contribution in [2.24, 2.45) is 0 Å². The van der Waals surface area contributed by atoms with Gasteiger partial charge in [0, 0.05) is 12.7 Å². The van der Waals surface area contributed by atoms with Crippen molar-refractivity contribution < 1.29 is 8.85 Å². The molecule has 1 unspecified atom stereocenters. The van der Waals surface area contributed by atoms with E-state index < -0.39 is 8.56 Å². The molecule has 0 aliphatic rings. The maximum absolute atomic E-state index is 6.50. The Kier molecular flexibility index (Phi) is 11.1. The minimum absolute atomic E-state index is 0.429. The van der Waals surface area contributed by atoms with Gasteiger partial charge in [0.05, 0.1) is 0 Å². The van der Waals surface area contributed by atoms with Crippen molar-refractivity contribution in [3.05, 3.63) is 0 Å². The zero-order valence-electron chi connectivity index (χ0n) is 13.3. The number of hydrogen-bond acceptors (Lipinski definition) is 2. The lowest BCUT2D eigenvalue weighted by molar-refractivity contribution is 0.0985. The second-order valence-corrected chi connectivity index (χ2v) is 8.90. The van der Waals surface area contributed by atoms with Crippen molar-refractivity contribution >= 4 is 8.56 Å². The van der Waals surface area contributed by atoms with Crippen LogP contribution >= 0.6 is 0 Å². The van der Waals surface area contributed by atoms with Crippen molar-refractivity contribution in [2.75, 3.05) is 6.61 Å². The quantitative estimate of drug-likeness (QED) is 0.451. The molecule has 0 rings (SSSR count). The average Bonchev–Trinajstić information content (AvgIpc) is 2.41. The van der Waals surface area contributed by atoms with Crippen molar-refractivity contribution in [1.29, 1.82) is 0 Å². The summed E-state index contributed by atoms with van der Waals surface area (Å²) in [7, 11) is -1.91. The summed E-state index contributed by atoms with van der Waals surface area (Å²) in [5.74, 6) is 0. The molecule has 110 valence electrons. The molecule has 0 fully saturated rings. The Morgan fingerprint density at radius 3 is 1.94 bits per heavy atom. The molecular formula is C15H34O2Si. The summed E-state index contributed by atoms with van der Waals surface area (Å²) in [6.07, 6.45) is 7.64. The molecule has 18 heavy (non-hydrogen) atoms. The first-order valence-electron chi connectivity index (χ1n) is 7.99. The van der Waals surface area contributed by atoms with Gasteiger partial charge in [-0.25, -0.2) is 0 Å². The summed E-state index contributed by atoms with van der Waals surface area (Å²) in [5.41, 5.74) is 0. The predicted octanol–water partition coefficient (Wildman–Crippen LogP) is 5.27. The highest BCUT2D eigenvalue weighted by Gasteiger charge is 2.35. The van der Waals surface area contributed by atoms with Crippen LogP contribution in [0.2, 0.25) is 12.1 Å². The summed E-state index contributed by atoms with van der Waals surface area (Å²) in [6.45, 7) is 12.0. The van der Waals surface area contributed by atoms with Gasteiger partial charge in [-0.3, -0.25) is 0 Å². The van der Waals surface area contributed by atoms with E-state index in [0.717, 1.165) is 25.1 Å². The van der Waals surface area contributed by atoms with Crippen molar-refractivity contribution in [3.63, 3.8) is 0 Å². The van der Waals surface area contributed by atoms with E-state index in [0.29, 0.717) is 6.10 Å². The zero-order chi connectivity index (χ0) is 13.9. The standard InChI is InChI=1S/C15H34O2Si/c1-6-11-13-15(12-7-2)17-18(9-4,10-5)16-14-8-3/h15H,6-14H2,1-5H3. The average molecular weight is 275 g/mol. The minimum atomic E-state index is -1.91. The third kappa shape index (κ3) is 6.91. The van der Waals surface area contributed by atoms with Gasteiger partial charge in [0.25, 0.3) is 0 Å². The number of unbranched alkanes of at least 4 members (excludes halogenated alkanes) is 1. The lowest BCUT2D eigenvalue weighted by Crippen LogP contribution is -2.44. The zero-order valence-corrected chi connectivity index (χ0v) is 14.3. The van der Waals surface area contributed by atoms with Crippen LogP contribution in [0.3, 0.4) is 0 Å².